The lowest BCUT2D eigenvalue weighted by atomic mass is 10.1. The van der Waals surface area contributed by atoms with Crippen LogP contribution in [0.15, 0.2) is 21.5 Å². The van der Waals surface area contributed by atoms with Crippen molar-refractivity contribution < 1.29 is 9.15 Å². The van der Waals surface area contributed by atoms with E-state index in [1.807, 2.05) is 0 Å². The molecule has 0 unspecified atom stereocenters. The Bertz CT molecular complexity index is 401. The van der Waals surface area contributed by atoms with Crippen LogP contribution in [0.2, 0.25) is 0 Å². The third-order valence-corrected chi connectivity index (χ3v) is 3.25. The van der Waals surface area contributed by atoms with Crippen molar-refractivity contribution in [3.63, 3.8) is 0 Å². The molecule has 0 aliphatic rings. The Morgan fingerprint density at radius 1 is 1.16 bits per heavy atom. The first kappa shape index (κ1) is 16.1. The summed E-state index contributed by atoms with van der Waals surface area (Å²) in [6.07, 6.45) is 9.92. The van der Waals surface area contributed by atoms with Crippen molar-refractivity contribution in [1.29, 1.82) is 0 Å². The molecule has 1 aromatic rings. The minimum atomic E-state index is -0.162. The zero-order valence-electron chi connectivity index (χ0n) is 11.6. The maximum absolute atomic E-state index is 11.6. The molecule has 0 saturated heterocycles. The van der Waals surface area contributed by atoms with E-state index in [9.17, 15) is 4.79 Å². The number of halogens is 1. The quantitative estimate of drug-likeness (QED) is 0.469. The van der Waals surface area contributed by atoms with E-state index < -0.39 is 0 Å². The van der Waals surface area contributed by atoms with Gasteiger partial charge in [0.25, 0.3) is 0 Å². The van der Waals surface area contributed by atoms with Crippen LogP contribution in [-0.2, 0) is 5.88 Å². The lowest BCUT2D eigenvalue weighted by Crippen LogP contribution is -2.08. The second-order valence-electron chi connectivity index (χ2n) is 4.68. The molecule has 0 aromatic carbocycles. The molecule has 0 atom stereocenters. The Balaban J connectivity index is 2.14. The fourth-order valence-corrected chi connectivity index (χ4v) is 2.00. The number of rotatable bonds is 10. The second-order valence-corrected chi connectivity index (χ2v) is 4.95. The Hall–Kier alpha value is -0.960. The molecular weight excluding hydrogens is 264 g/mol. The van der Waals surface area contributed by atoms with E-state index in [1.54, 1.807) is 0 Å². The smallest absolute Gasteiger partial charge is 0.227 e. The highest BCUT2D eigenvalue weighted by molar-refractivity contribution is 6.16. The summed E-state index contributed by atoms with van der Waals surface area (Å²) < 4.78 is 10.6. The van der Waals surface area contributed by atoms with Gasteiger partial charge in [-0.25, -0.2) is 0 Å². The van der Waals surface area contributed by atoms with Crippen molar-refractivity contribution in [3.8, 4) is 5.75 Å². The molecular formula is C15H23ClO3. The zero-order valence-corrected chi connectivity index (χ0v) is 12.4. The van der Waals surface area contributed by atoms with Gasteiger partial charge in [0.2, 0.25) is 11.2 Å². The van der Waals surface area contributed by atoms with Crippen LogP contribution in [0, 0.1) is 0 Å². The Labute approximate surface area is 119 Å². The molecule has 108 valence electrons. The standard InChI is InChI=1S/C15H23ClO3/c1-2-3-4-5-6-7-8-9-18-15-12-19-13(11-16)10-14(15)17/h10,12H,2-9,11H2,1H3. The van der Waals surface area contributed by atoms with Gasteiger partial charge in [-0.3, -0.25) is 4.79 Å². The predicted molar refractivity (Wildman–Crippen MR) is 78.0 cm³/mol. The van der Waals surface area contributed by atoms with Gasteiger partial charge in [-0.15, -0.1) is 11.6 Å². The van der Waals surface area contributed by atoms with Gasteiger partial charge < -0.3 is 9.15 Å². The van der Waals surface area contributed by atoms with Crippen LogP contribution in [0.4, 0.5) is 0 Å². The Kier molecular flexibility index (Phi) is 8.39. The maximum Gasteiger partial charge on any atom is 0.227 e. The van der Waals surface area contributed by atoms with Crippen LogP contribution in [0.3, 0.4) is 0 Å². The van der Waals surface area contributed by atoms with Gasteiger partial charge in [0.15, 0.2) is 0 Å². The first-order chi connectivity index (χ1) is 9.27. The molecule has 0 fully saturated rings. The fraction of sp³-hybridized carbons (Fsp3) is 0.667. The molecule has 0 spiro atoms. The summed E-state index contributed by atoms with van der Waals surface area (Å²) >= 11 is 5.58. The minimum absolute atomic E-state index is 0.162. The van der Waals surface area contributed by atoms with Crippen LogP contribution in [0.5, 0.6) is 5.75 Å². The maximum atomic E-state index is 11.6. The summed E-state index contributed by atoms with van der Waals surface area (Å²) in [5, 5.41) is 0. The average Bonchev–Trinajstić information content (AvgIpc) is 2.43. The highest BCUT2D eigenvalue weighted by Crippen LogP contribution is 2.10. The highest BCUT2D eigenvalue weighted by atomic mass is 35.5. The van der Waals surface area contributed by atoms with Gasteiger partial charge in [-0.05, 0) is 6.42 Å². The normalized spacial score (nSPS) is 10.6. The zero-order chi connectivity index (χ0) is 13.9. The Morgan fingerprint density at radius 2 is 1.84 bits per heavy atom. The van der Waals surface area contributed by atoms with E-state index in [1.165, 1.54) is 44.4 Å². The van der Waals surface area contributed by atoms with Crippen LogP contribution in [0.1, 0.15) is 57.6 Å². The van der Waals surface area contributed by atoms with Crippen LogP contribution in [-0.4, -0.2) is 6.61 Å². The summed E-state index contributed by atoms with van der Waals surface area (Å²) in [6, 6.07) is 1.38. The van der Waals surface area contributed by atoms with Crippen molar-refractivity contribution in [2.24, 2.45) is 0 Å². The molecule has 0 aliphatic heterocycles. The summed E-state index contributed by atoms with van der Waals surface area (Å²) in [4.78, 5) is 11.6. The van der Waals surface area contributed by atoms with E-state index in [0.717, 1.165) is 12.8 Å². The largest absolute Gasteiger partial charge is 0.487 e. The van der Waals surface area contributed by atoms with Gasteiger partial charge in [-0.1, -0.05) is 45.4 Å². The summed E-state index contributed by atoms with van der Waals surface area (Å²) in [5.41, 5.74) is -0.162. The lowest BCUT2D eigenvalue weighted by molar-refractivity contribution is 0.290. The van der Waals surface area contributed by atoms with Crippen LogP contribution < -0.4 is 10.2 Å². The summed E-state index contributed by atoms with van der Waals surface area (Å²) in [5.74, 6) is 0.947. The number of hydrogen-bond acceptors (Lipinski definition) is 3. The van der Waals surface area contributed by atoms with Crippen molar-refractivity contribution in [2.45, 2.75) is 57.7 Å². The van der Waals surface area contributed by atoms with Crippen molar-refractivity contribution in [3.05, 3.63) is 28.3 Å². The molecule has 0 amide bonds. The molecule has 0 bridgehead atoms. The third-order valence-electron chi connectivity index (χ3n) is 2.99. The van der Waals surface area contributed by atoms with Gasteiger partial charge in [0.05, 0.1) is 12.5 Å². The van der Waals surface area contributed by atoms with E-state index >= 15 is 0 Å². The molecule has 1 aromatic heterocycles. The number of ether oxygens (including phenoxy) is 1. The summed E-state index contributed by atoms with van der Waals surface area (Å²) in [6.45, 7) is 2.79. The number of unbranched alkanes of at least 4 members (excludes halogenated alkanes) is 6. The van der Waals surface area contributed by atoms with Gasteiger partial charge in [0, 0.05) is 6.07 Å². The first-order valence-electron chi connectivity index (χ1n) is 7.08. The molecule has 1 heterocycles. The SMILES string of the molecule is CCCCCCCCCOc1coc(CCl)cc1=O. The van der Waals surface area contributed by atoms with Crippen molar-refractivity contribution >= 4 is 11.6 Å². The fourth-order valence-electron chi connectivity index (χ4n) is 1.86. The van der Waals surface area contributed by atoms with E-state index in [-0.39, 0.29) is 17.1 Å². The number of hydrogen-bond donors (Lipinski definition) is 0. The molecule has 0 N–H and O–H groups in total. The molecule has 0 aliphatic carbocycles. The van der Waals surface area contributed by atoms with E-state index in [2.05, 4.69) is 6.92 Å². The Morgan fingerprint density at radius 3 is 2.47 bits per heavy atom. The molecule has 1 rings (SSSR count). The third kappa shape index (κ3) is 6.67. The molecule has 0 saturated carbocycles. The van der Waals surface area contributed by atoms with E-state index in [4.69, 9.17) is 20.8 Å². The second kappa shape index (κ2) is 9.90. The van der Waals surface area contributed by atoms with Crippen molar-refractivity contribution in [2.75, 3.05) is 6.61 Å². The molecule has 3 nitrogen and oxygen atoms in total. The first-order valence-corrected chi connectivity index (χ1v) is 7.62. The lowest BCUT2D eigenvalue weighted by Gasteiger charge is -2.05. The summed E-state index contributed by atoms with van der Waals surface area (Å²) in [7, 11) is 0. The molecule has 19 heavy (non-hydrogen) atoms. The van der Waals surface area contributed by atoms with Gasteiger partial charge in [-0.2, -0.15) is 0 Å². The topological polar surface area (TPSA) is 39.4 Å². The van der Waals surface area contributed by atoms with E-state index in [0.29, 0.717) is 12.4 Å². The number of alkyl halides is 1. The average molecular weight is 287 g/mol. The predicted octanol–water partition coefficient (Wildman–Crippen LogP) is 4.51. The van der Waals surface area contributed by atoms with Crippen molar-refractivity contribution in [1.82, 2.24) is 0 Å². The minimum Gasteiger partial charge on any atom is -0.487 e. The van der Waals surface area contributed by atoms with Crippen LogP contribution >= 0.6 is 11.6 Å². The monoisotopic (exact) mass is 286 g/mol. The highest BCUT2D eigenvalue weighted by Gasteiger charge is 2.03. The van der Waals surface area contributed by atoms with Gasteiger partial charge >= 0.3 is 0 Å². The van der Waals surface area contributed by atoms with Crippen LogP contribution in [0.25, 0.3) is 0 Å². The van der Waals surface area contributed by atoms with Gasteiger partial charge in [0.1, 0.15) is 12.0 Å². The molecule has 0 radical (unpaired) electrons. The molecule has 4 heteroatoms.